The van der Waals surface area contributed by atoms with E-state index in [1.54, 1.807) is 19.9 Å². The number of anilines is 1. The Morgan fingerprint density at radius 2 is 2.14 bits per heavy atom. The summed E-state index contributed by atoms with van der Waals surface area (Å²) in [5.74, 6) is -1.31. The van der Waals surface area contributed by atoms with Crippen molar-refractivity contribution in [1.29, 1.82) is 0 Å². The van der Waals surface area contributed by atoms with Gasteiger partial charge in [-0.25, -0.2) is 13.2 Å². The van der Waals surface area contributed by atoms with E-state index < -0.39 is 16.0 Å². The third-order valence-electron chi connectivity index (χ3n) is 3.40. The van der Waals surface area contributed by atoms with Gasteiger partial charge in [-0.15, -0.1) is 0 Å². The minimum absolute atomic E-state index is 0.0385. The summed E-state index contributed by atoms with van der Waals surface area (Å²) in [5.41, 5.74) is 1.45. The molecule has 1 heterocycles. The smallest absolute Gasteiger partial charge is 0.337 e. The SMILES string of the molecule is Cc1cc(C)c(NS(=O)(=O)CC2CCCO2)c(C(=O)O)c1. The quantitative estimate of drug-likeness (QED) is 0.866. The number of carboxylic acids is 1. The highest BCUT2D eigenvalue weighted by Gasteiger charge is 2.25. The highest BCUT2D eigenvalue weighted by molar-refractivity contribution is 7.92. The minimum atomic E-state index is -3.65. The van der Waals surface area contributed by atoms with Crippen molar-refractivity contribution in [2.45, 2.75) is 32.8 Å². The average Bonchev–Trinajstić information content (AvgIpc) is 2.83. The summed E-state index contributed by atoms with van der Waals surface area (Å²) in [6, 6.07) is 3.20. The number of hydrogen-bond acceptors (Lipinski definition) is 4. The fourth-order valence-corrected chi connectivity index (χ4v) is 3.91. The van der Waals surface area contributed by atoms with E-state index in [0.29, 0.717) is 18.6 Å². The van der Waals surface area contributed by atoms with Crippen LogP contribution in [0.3, 0.4) is 0 Å². The van der Waals surface area contributed by atoms with E-state index in [1.165, 1.54) is 6.07 Å². The second-order valence-electron chi connectivity index (χ2n) is 5.33. The zero-order valence-electron chi connectivity index (χ0n) is 12.0. The van der Waals surface area contributed by atoms with Crippen molar-refractivity contribution < 1.29 is 23.1 Å². The van der Waals surface area contributed by atoms with Gasteiger partial charge in [0.2, 0.25) is 10.0 Å². The van der Waals surface area contributed by atoms with Crippen LogP contribution in [0.15, 0.2) is 12.1 Å². The summed E-state index contributed by atoms with van der Waals surface area (Å²) in [4.78, 5) is 11.3. The third kappa shape index (κ3) is 3.95. The summed E-state index contributed by atoms with van der Waals surface area (Å²) < 4.78 is 32.1. The molecule has 2 rings (SSSR count). The number of carbonyl (C=O) groups is 1. The van der Waals surface area contributed by atoms with Crippen LogP contribution in [0.25, 0.3) is 0 Å². The van der Waals surface area contributed by atoms with E-state index in [0.717, 1.165) is 12.0 Å². The monoisotopic (exact) mass is 313 g/mol. The van der Waals surface area contributed by atoms with Gasteiger partial charge in [0.25, 0.3) is 0 Å². The number of ether oxygens (including phenoxy) is 1. The fraction of sp³-hybridized carbons (Fsp3) is 0.500. The molecular formula is C14H19NO5S. The van der Waals surface area contributed by atoms with E-state index in [-0.39, 0.29) is 23.1 Å². The number of rotatable bonds is 5. The minimum Gasteiger partial charge on any atom is -0.478 e. The molecule has 0 aliphatic carbocycles. The lowest BCUT2D eigenvalue weighted by Crippen LogP contribution is -2.26. The molecule has 1 atom stereocenters. The van der Waals surface area contributed by atoms with Gasteiger partial charge in [0.15, 0.2) is 0 Å². The predicted octanol–water partition coefficient (Wildman–Crippen LogP) is 1.92. The Hall–Kier alpha value is -1.60. The molecule has 0 amide bonds. The van der Waals surface area contributed by atoms with Gasteiger partial charge in [0, 0.05) is 6.61 Å². The summed E-state index contributed by atoms with van der Waals surface area (Å²) >= 11 is 0. The maximum absolute atomic E-state index is 12.2. The van der Waals surface area contributed by atoms with Gasteiger partial charge in [0.05, 0.1) is 23.1 Å². The molecule has 21 heavy (non-hydrogen) atoms. The molecule has 1 unspecified atom stereocenters. The number of benzene rings is 1. The molecule has 1 fully saturated rings. The molecule has 116 valence electrons. The molecule has 2 N–H and O–H groups in total. The van der Waals surface area contributed by atoms with Crippen LogP contribution in [0.4, 0.5) is 5.69 Å². The topological polar surface area (TPSA) is 92.7 Å². The molecule has 1 aliphatic rings. The van der Waals surface area contributed by atoms with Gasteiger partial charge in [-0.05, 0) is 43.9 Å². The molecule has 7 heteroatoms. The lowest BCUT2D eigenvalue weighted by atomic mass is 10.0. The number of nitrogens with one attached hydrogen (secondary N) is 1. The number of hydrogen-bond donors (Lipinski definition) is 2. The van der Waals surface area contributed by atoms with E-state index in [2.05, 4.69) is 4.72 Å². The lowest BCUT2D eigenvalue weighted by molar-refractivity contribution is 0.0698. The van der Waals surface area contributed by atoms with E-state index in [1.807, 2.05) is 0 Å². The van der Waals surface area contributed by atoms with Crippen molar-refractivity contribution in [3.8, 4) is 0 Å². The molecular weight excluding hydrogens is 294 g/mol. The number of aromatic carboxylic acids is 1. The van der Waals surface area contributed by atoms with Gasteiger partial charge in [0.1, 0.15) is 0 Å². The van der Waals surface area contributed by atoms with E-state index in [4.69, 9.17) is 4.74 Å². The maximum Gasteiger partial charge on any atom is 0.337 e. The number of aryl methyl sites for hydroxylation is 2. The Bertz CT molecular complexity index is 648. The van der Waals surface area contributed by atoms with Crippen LogP contribution < -0.4 is 4.72 Å². The van der Waals surface area contributed by atoms with Crippen molar-refractivity contribution in [1.82, 2.24) is 0 Å². The summed E-state index contributed by atoms with van der Waals surface area (Å²) in [5, 5.41) is 9.24. The highest BCUT2D eigenvalue weighted by atomic mass is 32.2. The Balaban J connectivity index is 2.27. The van der Waals surface area contributed by atoms with Crippen LogP contribution in [0, 0.1) is 13.8 Å². The molecule has 1 aromatic carbocycles. The first-order valence-corrected chi connectivity index (χ1v) is 8.40. The van der Waals surface area contributed by atoms with Gasteiger partial charge in [-0.2, -0.15) is 0 Å². The average molecular weight is 313 g/mol. The molecule has 1 aliphatic heterocycles. The maximum atomic E-state index is 12.2. The van der Waals surface area contributed by atoms with Gasteiger partial charge < -0.3 is 9.84 Å². The Kier molecular flexibility index (Phi) is 4.53. The van der Waals surface area contributed by atoms with Crippen molar-refractivity contribution in [3.05, 3.63) is 28.8 Å². The molecule has 6 nitrogen and oxygen atoms in total. The zero-order valence-corrected chi connectivity index (χ0v) is 12.9. The molecule has 1 saturated heterocycles. The standard InChI is InChI=1S/C14H19NO5S/c1-9-6-10(2)13(12(7-9)14(16)17)15-21(18,19)8-11-4-3-5-20-11/h6-7,11,15H,3-5,8H2,1-2H3,(H,16,17). The Morgan fingerprint density at radius 1 is 1.43 bits per heavy atom. The Morgan fingerprint density at radius 3 is 2.71 bits per heavy atom. The molecule has 0 bridgehead atoms. The first-order chi connectivity index (χ1) is 9.78. The molecule has 1 aromatic rings. The van der Waals surface area contributed by atoms with Crippen LogP contribution in [-0.2, 0) is 14.8 Å². The molecule has 0 saturated carbocycles. The van der Waals surface area contributed by atoms with Gasteiger partial charge in [-0.1, -0.05) is 6.07 Å². The second kappa shape index (κ2) is 6.03. The fourth-order valence-electron chi connectivity index (χ4n) is 2.49. The largest absolute Gasteiger partial charge is 0.478 e. The number of carboxylic acid groups (broad SMARTS) is 1. The van der Waals surface area contributed by atoms with Crippen molar-refractivity contribution >= 4 is 21.7 Å². The van der Waals surface area contributed by atoms with Crippen LogP contribution in [-0.4, -0.2) is 38.0 Å². The lowest BCUT2D eigenvalue weighted by Gasteiger charge is -2.16. The van der Waals surface area contributed by atoms with Gasteiger partial charge in [-0.3, -0.25) is 4.72 Å². The normalized spacial score (nSPS) is 18.7. The predicted molar refractivity (Wildman–Crippen MR) is 79.3 cm³/mol. The van der Waals surface area contributed by atoms with Crippen LogP contribution >= 0.6 is 0 Å². The van der Waals surface area contributed by atoms with Crippen LogP contribution in [0.2, 0.25) is 0 Å². The summed E-state index contributed by atoms with van der Waals surface area (Å²) in [7, 11) is -3.65. The molecule has 0 aromatic heterocycles. The Labute approximate surface area is 124 Å². The molecule has 0 spiro atoms. The van der Waals surface area contributed by atoms with Crippen molar-refractivity contribution in [2.24, 2.45) is 0 Å². The van der Waals surface area contributed by atoms with Gasteiger partial charge >= 0.3 is 5.97 Å². The van der Waals surface area contributed by atoms with Crippen molar-refractivity contribution in [3.63, 3.8) is 0 Å². The third-order valence-corrected chi connectivity index (χ3v) is 4.72. The zero-order chi connectivity index (χ0) is 15.6. The first kappa shape index (κ1) is 15.8. The molecule has 0 radical (unpaired) electrons. The number of sulfonamides is 1. The summed E-state index contributed by atoms with van der Waals surface area (Å²) in [6.07, 6.45) is 1.24. The summed E-state index contributed by atoms with van der Waals surface area (Å²) in [6.45, 7) is 4.03. The highest BCUT2D eigenvalue weighted by Crippen LogP contribution is 2.25. The van der Waals surface area contributed by atoms with Crippen LogP contribution in [0.5, 0.6) is 0 Å². The second-order valence-corrected chi connectivity index (χ2v) is 7.09. The van der Waals surface area contributed by atoms with E-state index in [9.17, 15) is 18.3 Å². The van der Waals surface area contributed by atoms with E-state index >= 15 is 0 Å². The first-order valence-electron chi connectivity index (χ1n) is 6.75. The van der Waals surface area contributed by atoms with Crippen LogP contribution in [0.1, 0.15) is 34.3 Å². The van der Waals surface area contributed by atoms with Crippen molar-refractivity contribution in [2.75, 3.05) is 17.1 Å².